The Balaban J connectivity index is 0.000000393. The Morgan fingerprint density at radius 1 is 0.407 bits per heavy atom. The van der Waals surface area contributed by atoms with E-state index in [-0.39, 0.29) is 0 Å². The van der Waals surface area contributed by atoms with E-state index in [1.807, 2.05) is 0 Å². The molecule has 2 aromatic carbocycles. The van der Waals surface area contributed by atoms with Gasteiger partial charge in [0.15, 0.2) is 0 Å². The van der Waals surface area contributed by atoms with Gasteiger partial charge in [-0.05, 0) is 73.9 Å². The average Bonchev–Trinajstić information content (AvgIpc) is 3.53. The minimum atomic E-state index is 0.885. The van der Waals surface area contributed by atoms with Crippen LogP contribution in [0.1, 0.15) is 224 Å². The van der Waals surface area contributed by atoms with Gasteiger partial charge in [0.2, 0.25) is 11.4 Å². The van der Waals surface area contributed by atoms with Crippen molar-refractivity contribution < 1.29 is 22.7 Å². The van der Waals surface area contributed by atoms with Gasteiger partial charge in [-0.25, -0.2) is 4.70 Å². The fourth-order valence-electron chi connectivity index (χ4n) is 7.27. The first-order chi connectivity index (χ1) is 26.6. The van der Waals surface area contributed by atoms with Crippen molar-refractivity contribution in [3.05, 3.63) is 88.0 Å². The number of hydrogen-bond acceptors (Lipinski definition) is 0. The summed E-state index contributed by atoms with van der Waals surface area (Å²) >= 11 is 1.07. The van der Waals surface area contributed by atoms with Gasteiger partial charge in [0.05, 0.1) is 0 Å². The summed E-state index contributed by atoms with van der Waals surface area (Å²) in [7, 11) is 0. The monoisotopic (exact) mass is 831 g/mol. The molecule has 2 aromatic rings. The predicted octanol–water partition coefficient (Wildman–Crippen LogP) is 17.7. The molecular weight excluding hydrogens is 747 g/mol. The summed E-state index contributed by atoms with van der Waals surface area (Å²) in [4.78, 5) is 3.09. The van der Waals surface area contributed by atoms with Crippen LogP contribution >= 0.6 is 0 Å². The Bertz CT molecular complexity index is 1240. The Kier molecular flexibility index (Phi) is 29.8. The molecule has 1 aliphatic heterocycles. The number of unbranched alkanes of at least 4 members (excludes halogenated alkanes) is 20. The van der Waals surface area contributed by atoms with Gasteiger partial charge in [-0.2, -0.15) is 0 Å². The molecule has 0 radical (unpaired) electrons. The summed E-state index contributed by atoms with van der Waals surface area (Å²) in [5.41, 5.74) is 19.2. The molecule has 0 saturated heterocycles. The van der Waals surface area contributed by atoms with Crippen molar-refractivity contribution in [2.45, 2.75) is 224 Å². The van der Waals surface area contributed by atoms with E-state index >= 15 is 0 Å². The van der Waals surface area contributed by atoms with E-state index in [1.54, 1.807) is 9.79 Å². The minimum absolute atomic E-state index is 0.885. The Morgan fingerprint density at radius 3 is 1.24 bits per heavy atom. The number of hydrogen-bond donors (Lipinski definition) is 0. The van der Waals surface area contributed by atoms with E-state index in [1.165, 1.54) is 169 Å². The molecule has 0 atom stereocenters. The van der Waals surface area contributed by atoms with E-state index < -0.39 is 0 Å². The molecule has 0 bridgehead atoms. The molecule has 1 heterocycles. The fraction of sp³-hybridized carbons (Fsp3) is 0.686. The maximum Gasteiger partial charge on any atom is 0.210 e. The number of nitrogens with zero attached hydrogens (tertiary/aromatic N) is 2. The van der Waals surface area contributed by atoms with Gasteiger partial charge < -0.3 is 5.53 Å². The van der Waals surface area contributed by atoms with Crippen molar-refractivity contribution in [2.24, 2.45) is 0 Å². The molecule has 0 aliphatic carbocycles. The van der Waals surface area contributed by atoms with Crippen molar-refractivity contribution in [3.63, 3.8) is 0 Å². The van der Waals surface area contributed by atoms with Crippen molar-refractivity contribution in [2.75, 3.05) is 0 Å². The third-order valence-electron chi connectivity index (χ3n) is 10.9. The molecule has 0 N–H and O–H groups in total. The van der Waals surface area contributed by atoms with Gasteiger partial charge in [-0.3, -0.25) is 0 Å². The van der Waals surface area contributed by atoms with E-state index in [9.17, 15) is 5.53 Å². The largest absolute Gasteiger partial charge is 0.493 e. The molecule has 0 amide bonds. The molecule has 3 rings (SSSR count). The third kappa shape index (κ3) is 21.5. The second-order valence-electron chi connectivity index (χ2n) is 15.9. The quantitative estimate of drug-likeness (QED) is 0.0399. The summed E-state index contributed by atoms with van der Waals surface area (Å²) < 4.78 is 1.41. The van der Waals surface area contributed by atoms with Crippen LogP contribution in [0.25, 0.3) is 16.9 Å². The van der Waals surface area contributed by atoms with Crippen LogP contribution in [-0.2, 0) is 30.8 Å². The average molecular weight is 832 g/mol. The van der Waals surface area contributed by atoms with E-state index in [2.05, 4.69) is 89.2 Å². The maximum atomic E-state index is 11.2. The molecule has 0 aromatic heterocycles. The molecule has 3 heteroatoms. The van der Waals surface area contributed by atoms with Gasteiger partial charge in [0.1, 0.15) is 0 Å². The first kappa shape index (κ1) is 48.3. The molecule has 0 spiro atoms. The van der Waals surface area contributed by atoms with E-state index in [4.69, 9.17) is 0 Å². The summed E-state index contributed by atoms with van der Waals surface area (Å²) in [6.07, 6.45) is 40.4. The van der Waals surface area contributed by atoms with Crippen LogP contribution in [0.4, 0.5) is 0 Å². The van der Waals surface area contributed by atoms with Crippen molar-refractivity contribution >= 4 is 11.4 Å². The van der Waals surface area contributed by atoms with Crippen molar-refractivity contribution in [3.8, 4) is 0 Å². The molecule has 54 heavy (non-hydrogen) atoms. The minimum Gasteiger partial charge on any atom is -0.493 e. The van der Waals surface area contributed by atoms with Gasteiger partial charge in [-0.1, -0.05) is 70.7 Å². The summed E-state index contributed by atoms with van der Waals surface area (Å²) in [5, 5.41) is 0. The molecular formula is C51H84N2Pd. The van der Waals surface area contributed by atoms with Gasteiger partial charge in [-0.15, -0.1) is 0 Å². The summed E-state index contributed by atoms with van der Waals surface area (Å²) in [6.45, 7) is 11.3. The Labute approximate surface area is 344 Å². The molecule has 0 unspecified atom stereocenters. The summed E-state index contributed by atoms with van der Waals surface area (Å²) in [5.74, 6) is 0. The normalized spacial score (nSPS) is 12.8. The fourth-order valence-corrected chi connectivity index (χ4v) is 9.21. The van der Waals surface area contributed by atoms with Crippen LogP contribution in [0.5, 0.6) is 0 Å². The van der Waals surface area contributed by atoms with E-state index in [0.717, 1.165) is 72.6 Å². The van der Waals surface area contributed by atoms with Gasteiger partial charge in [0, 0.05) is 22.8 Å². The van der Waals surface area contributed by atoms with Crippen LogP contribution in [0.3, 0.4) is 0 Å². The topological polar surface area (TPSA) is 25.3 Å². The van der Waals surface area contributed by atoms with Crippen molar-refractivity contribution in [1.29, 1.82) is 0 Å². The molecule has 0 saturated carbocycles. The third-order valence-corrected chi connectivity index (χ3v) is 13.1. The number of rotatable bonds is 32. The van der Waals surface area contributed by atoms with Crippen LogP contribution in [0, 0.1) is 0 Å². The van der Waals surface area contributed by atoms with Crippen molar-refractivity contribution in [1.82, 2.24) is 0 Å². The smallest absolute Gasteiger partial charge is 0.210 e. The van der Waals surface area contributed by atoms with Crippen LogP contribution in [0.15, 0.2) is 60.2 Å². The van der Waals surface area contributed by atoms with E-state index in [0.29, 0.717) is 0 Å². The Morgan fingerprint density at radius 2 is 0.778 bits per heavy atom. The van der Waals surface area contributed by atoms with Gasteiger partial charge >= 0.3 is 157 Å². The number of benzene rings is 2. The van der Waals surface area contributed by atoms with Crippen LogP contribution in [0.2, 0.25) is 9.79 Å². The SMILES string of the molecule is CCCCCCCCCC[CH2][Pd][CH2]CCCCCCCCCC.CCCCCc1ccc(C2=CC(CCCC)=C(c3ccc(CCCC)cc3)[N+]2=[N-])cc1. The molecule has 1 aliphatic rings. The first-order valence-electron chi connectivity index (χ1n) is 23.2. The van der Waals surface area contributed by atoms with Crippen LogP contribution < -0.4 is 0 Å². The molecule has 308 valence electrons. The molecule has 0 fully saturated rings. The second-order valence-corrected chi connectivity index (χ2v) is 18.2. The number of allylic oxidation sites excluding steroid dienone is 2. The standard InChI is InChI=1S/C29H38N2.2C11H23.Pd/c1-4-7-10-12-24-14-18-25(19-15-24)28-22-27(13-9-6-3)29(31(28)30)26-20-16-23(17-21-26)11-8-5-2;2*1-3-5-7-9-11-10-8-6-4-2;/h14-22H,4-13H2,1-3H3;2*1,3-11H2,2H3;. The van der Waals surface area contributed by atoms with Crippen LogP contribution in [-0.4, -0.2) is 4.70 Å². The summed E-state index contributed by atoms with van der Waals surface area (Å²) in [6, 6.07) is 17.5. The molecule has 2 nitrogen and oxygen atoms in total. The van der Waals surface area contributed by atoms with Gasteiger partial charge in [0.25, 0.3) is 0 Å². The number of aryl methyl sites for hydroxylation is 2. The first-order valence-corrected chi connectivity index (χ1v) is 25.4. The zero-order valence-corrected chi connectivity index (χ0v) is 37.7. The maximum absolute atomic E-state index is 11.2. The second kappa shape index (κ2) is 33.3. The Hall–Kier alpha value is -1.82. The zero-order valence-electron chi connectivity index (χ0n) is 36.1. The zero-order chi connectivity index (χ0) is 38.9. The predicted molar refractivity (Wildman–Crippen MR) is 237 cm³/mol.